The van der Waals surface area contributed by atoms with E-state index in [2.05, 4.69) is 11.6 Å². The fraction of sp³-hybridized carbons (Fsp3) is 0.176. The Bertz CT molecular complexity index is 1140. The fourth-order valence-electron chi connectivity index (χ4n) is 2.68. The fourth-order valence-corrected chi connectivity index (χ4v) is 3.73. The van der Waals surface area contributed by atoms with Crippen LogP contribution in [0.15, 0.2) is 46.3 Å². The Kier molecular flexibility index (Phi) is 4.24. The van der Waals surface area contributed by atoms with Crippen LogP contribution in [0.5, 0.6) is 11.5 Å². The van der Waals surface area contributed by atoms with E-state index in [-0.39, 0.29) is 5.76 Å². The number of amides is 1. The van der Waals surface area contributed by atoms with Crippen molar-refractivity contribution >= 4 is 33.3 Å². The number of rotatable bonds is 4. The molecule has 0 unspecified atom stereocenters. The van der Waals surface area contributed by atoms with Gasteiger partial charge < -0.3 is 18.5 Å². The lowest BCUT2D eigenvalue weighted by Gasteiger charge is -2.18. The van der Waals surface area contributed by atoms with Crippen LogP contribution in [-0.2, 0) is 6.54 Å². The van der Waals surface area contributed by atoms with Crippen molar-refractivity contribution in [1.29, 1.82) is 0 Å². The molecule has 3 aromatic rings. The Hall–Kier alpha value is -3.40. The molecule has 138 valence electrons. The molecule has 1 aromatic carbocycles. The highest BCUT2D eigenvalue weighted by atomic mass is 32.1. The Morgan fingerprint density at radius 3 is 2.74 bits per heavy atom. The third kappa shape index (κ3) is 3.10. The molecule has 1 aliphatic rings. The van der Waals surface area contributed by atoms with Crippen molar-refractivity contribution in [3.8, 4) is 11.5 Å². The van der Waals surface area contributed by atoms with E-state index in [4.69, 9.17) is 13.9 Å². The summed E-state index contributed by atoms with van der Waals surface area (Å²) in [5.74, 6) is -0.143. The third-order valence-corrected chi connectivity index (χ3v) is 4.88. The Balaban J connectivity index is 1.82. The minimum atomic E-state index is -0.710. The molecular weight excluding hydrogens is 374 g/mol. The molecule has 0 saturated carbocycles. The molecule has 0 radical (unpaired) electrons. The number of aromatic nitrogens is 1. The van der Waals surface area contributed by atoms with Crippen LogP contribution in [0, 0.1) is 10.1 Å². The molecule has 10 heteroatoms. The Morgan fingerprint density at radius 2 is 2.07 bits per heavy atom. The molecule has 4 rings (SSSR count). The lowest BCUT2D eigenvalue weighted by Crippen LogP contribution is -2.17. The van der Waals surface area contributed by atoms with Crippen molar-refractivity contribution in [1.82, 2.24) is 4.57 Å². The zero-order chi connectivity index (χ0) is 19.0. The molecule has 0 atom stereocenters. The van der Waals surface area contributed by atoms with E-state index >= 15 is 0 Å². The van der Waals surface area contributed by atoms with E-state index in [0.29, 0.717) is 36.1 Å². The first kappa shape index (κ1) is 17.0. The quantitative estimate of drug-likeness (QED) is 0.387. The number of allylic oxidation sites excluding steroid dienone is 1. The average Bonchev–Trinajstić information content (AvgIpc) is 3.26. The summed E-state index contributed by atoms with van der Waals surface area (Å²) >= 11 is 1.29. The molecule has 0 aliphatic carbocycles. The van der Waals surface area contributed by atoms with Gasteiger partial charge in [-0.1, -0.05) is 17.4 Å². The molecule has 2 aromatic heterocycles. The van der Waals surface area contributed by atoms with Gasteiger partial charge in [-0.3, -0.25) is 14.9 Å². The number of nitro groups is 1. The minimum Gasteiger partial charge on any atom is -0.486 e. The van der Waals surface area contributed by atoms with Crippen molar-refractivity contribution in [3.05, 3.63) is 57.6 Å². The summed E-state index contributed by atoms with van der Waals surface area (Å²) in [5.41, 5.74) is 0.820. The van der Waals surface area contributed by atoms with Gasteiger partial charge in [-0.15, -0.1) is 6.58 Å². The van der Waals surface area contributed by atoms with Crippen LogP contribution in [0.25, 0.3) is 10.2 Å². The van der Waals surface area contributed by atoms with Crippen LogP contribution in [0.2, 0.25) is 0 Å². The average molecular weight is 387 g/mol. The van der Waals surface area contributed by atoms with Gasteiger partial charge in [-0.25, -0.2) is 0 Å². The molecule has 0 fully saturated rings. The number of nitrogens with zero attached hydrogens (tertiary/aromatic N) is 3. The maximum atomic E-state index is 12.4. The molecule has 0 N–H and O–H groups in total. The second kappa shape index (κ2) is 6.72. The largest absolute Gasteiger partial charge is 0.486 e. The molecule has 1 aliphatic heterocycles. The van der Waals surface area contributed by atoms with Crippen LogP contribution in [0.3, 0.4) is 0 Å². The van der Waals surface area contributed by atoms with Gasteiger partial charge in [-0.05, 0) is 6.07 Å². The van der Waals surface area contributed by atoms with Crippen molar-refractivity contribution in [2.75, 3.05) is 13.2 Å². The molecule has 0 saturated heterocycles. The number of benzene rings is 1. The van der Waals surface area contributed by atoms with Gasteiger partial charge >= 0.3 is 11.8 Å². The maximum Gasteiger partial charge on any atom is 0.433 e. The van der Waals surface area contributed by atoms with Crippen molar-refractivity contribution in [2.24, 2.45) is 4.99 Å². The SMILES string of the molecule is C=CCn1c(=NC(=O)c2ccc([N+](=O)[O-])o2)sc2cc3c(cc21)OCCO3. The first-order chi connectivity index (χ1) is 13.1. The highest BCUT2D eigenvalue weighted by molar-refractivity contribution is 7.16. The van der Waals surface area contributed by atoms with E-state index in [1.807, 2.05) is 12.1 Å². The molecule has 3 heterocycles. The normalized spacial score (nSPS) is 13.7. The molecule has 1 amide bonds. The molecule has 27 heavy (non-hydrogen) atoms. The van der Waals surface area contributed by atoms with Gasteiger partial charge in [0, 0.05) is 18.7 Å². The van der Waals surface area contributed by atoms with Crippen LogP contribution >= 0.6 is 11.3 Å². The van der Waals surface area contributed by atoms with Gasteiger partial charge in [-0.2, -0.15) is 4.99 Å². The predicted octanol–water partition coefficient (Wildman–Crippen LogP) is 2.90. The topological polar surface area (TPSA) is 109 Å². The second-order valence-corrected chi connectivity index (χ2v) is 6.57. The van der Waals surface area contributed by atoms with Crippen molar-refractivity contribution < 1.29 is 23.6 Å². The summed E-state index contributed by atoms with van der Waals surface area (Å²) in [6.45, 7) is 5.10. The Labute approximate surface area is 155 Å². The zero-order valence-corrected chi connectivity index (χ0v) is 14.7. The number of carbonyl (C=O) groups is 1. The number of hydrogen-bond donors (Lipinski definition) is 0. The summed E-state index contributed by atoms with van der Waals surface area (Å²) in [6, 6.07) is 6.03. The molecule has 0 spiro atoms. The van der Waals surface area contributed by atoms with Crippen LogP contribution in [-0.4, -0.2) is 28.6 Å². The summed E-state index contributed by atoms with van der Waals surface area (Å²) in [6.07, 6.45) is 1.68. The lowest BCUT2D eigenvalue weighted by molar-refractivity contribution is -0.402. The van der Waals surface area contributed by atoms with E-state index < -0.39 is 16.7 Å². The van der Waals surface area contributed by atoms with Crippen LogP contribution < -0.4 is 14.3 Å². The smallest absolute Gasteiger partial charge is 0.433 e. The molecular formula is C17H13N3O6S. The first-order valence-corrected chi connectivity index (χ1v) is 8.75. The third-order valence-electron chi connectivity index (χ3n) is 3.84. The van der Waals surface area contributed by atoms with Gasteiger partial charge in [0.2, 0.25) is 5.76 Å². The standard InChI is InChI=1S/C17H13N3O6S/c1-2-5-19-10-8-12-13(25-7-6-24-12)9-14(10)27-17(19)18-16(21)11-3-4-15(26-11)20(22)23/h2-4,8-9H,1,5-7H2. The van der Waals surface area contributed by atoms with Crippen molar-refractivity contribution in [2.45, 2.75) is 6.54 Å². The van der Waals surface area contributed by atoms with Gasteiger partial charge in [0.25, 0.3) is 0 Å². The van der Waals surface area contributed by atoms with E-state index in [9.17, 15) is 14.9 Å². The van der Waals surface area contributed by atoms with Crippen molar-refractivity contribution in [3.63, 3.8) is 0 Å². The second-order valence-electron chi connectivity index (χ2n) is 5.56. The molecule has 9 nitrogen and oxygen atoms in total. The number of hydrogen-bond acceptors (Lipinski definition) is 7. The predicted molar refractivity (Wildman–Crippen MR) is 96.3 cm³/mol. The van der Waals surface area contributed by atoms with E-state index in [1.54, 1.807) is 10.6 Å². The van der Waals surface area contributed by atoms with Gasteiger partial charge in [0.05, 0.1) is 16.3 Å². The number of fused-ring (bicyclic) bond motifs is 2. The highest BCUT2D eigenvalue weighted by Gasteiger charge is 2.19. The number of ether oxygens (including phenoxy) is 2. The number of furan rings is 1. The van der Waals surface area contributed by atoms with Gasteiger partial charge in [0.1, 0.15) is 18.1 Å². The number of thiazole rings is 1. The first-order valence-electron chi connectivity index (χ1n) is 7.94. The monoisotopic (exact) mass is 387 g/mol. The summed E-state index contributed by atoms with van der Waals surface area (Å²) in [4.78, 5) is 26.9. The minimum absolute atomic E-state index is 0.199. The van der Waals surface area contributed by atoms with Gasteiger partial charge in [0.15, 0.2) is 16.3 Å². The molecule has 0 bridgehead atoms. The highest BCUT2D eigenvalue weighted by Crippen LogP contribution is 2.35. The lowest BCUT2D eigenvalue weighted by atomic mass is 10.2. The summed E-state index contributed by atoms with van der Waals surface area (Å²) < 4.78 is 18.8. The Morgan fingerprint density at radius 1 is 1.33 bits per heavy atom. The zero-order valence-electron chi connectivity index (χ0n) is 13.9. The van der Waals surface area contributed by atoms with Crippen LogP contribution in [0.1, 0.15) is 10.6 Å². The summed E-state index contributed by atoms with van der Waals surface area (Å²) in [7, 11) is 0. The number of carbonyl (C=O) groups excluding carboxylic acids is 1. The van der Waals surface area contributed by atoms with E-state index in [0.717, 1.165) is 16.3 Å². The maximum absolute atomic E-state index is 12.4. The summed E-state index contributed by atoms with van der Waals surface area (Å²) in [5, 5.41) is 10.7. The van der Waals surface area contributed by atoms with E-state index in [1.165, 1.54) is 17.4 Å². The van der Waals surface area contributed by atoms with Crippen LogP contribution in [0.4, 0.5) is 5.88 Å².